The molecule has 2 aliphatic carbocycles. The molecule has 1 saturated carbocycles. The number of hydrogen-bond acceptors (Lipinski definition) is 2. The van der Waals surface area contributed by atoms with E-state index >= 15 is 0 Å². The van der Waals surface area contributed by atoms with Gasteiger partial charge in [0.25, 0.3) is 0 Å². The number of hydrogen-bond donors (Lipinski definition) is 0. The van der Waals surface area contributed by atoms with Crippen molar-refractivity contribution in [1.82, 2.24) is 0 Å². The van der Waals surface area contributed by atoms with E-state index in [0.29, 0.717) is 18.3 Å². The number of allylic oxidation sites excluding steroid dienone is 1. The van der Waals surface area contributed by atoms with Crippen LogP contribution in [0.25, 0.3) is 11.1 Å². The van der Waals surface area contributed by atoms with Gasteiger partial charge >= 0.3 is 5.97 Å². The van der Waals surface area contributed by atoms with Crippen LogP contribution in [-0.2, 0) is 16.0 Å². The van der Waals surface area contributed by atoms with E-state index in [9.17, 15) is 4.79 Å². The molecule has 2 aromatic carbocycles. The van der Waals surface area contributed by atoms with Crippen LogP contribution in [0.3, 0.4) is 0 Å². The van der Waals surface area contributed by atoms with E-state index in [0.717, 1.165) is 18.4 Å². The van der Waals surface area contributed by atoms with Crippen LogP contribution in [0.5, 0.6) is 0 Å². The average Bonchev–Trinajstić information content (AvgIpc) is 3.19. The summed E-state index contributed by atoms with van der Waals surface area (Å²) in [4.78, 5) is 12.2. The lowest BCUT2D eigenvalue weighted by molar-refractivity contribution is -0.149. The molecule has 4 rings (SSSR count). The highest BCUT2D eigenvalue weighted by atomic mass is 16.5. The minimum atomic E-state index is -0.108. The average molecular weight is 304 g/mol. The molecule has 0 N–H and O–H groups in total. The third-order valence-electron chi connectivity index (χ3n) is 4.91. The first-order valence-electron chi connectivity index (χ1n) is 8.30. The van der Waals surface area contributed by atoms with Gasteiger partial charge in [-0.15, -0.1) is 0 Å². The molecule has 116 valence electrons. The third-order valence-corrected chi connectivity index (χ3v) is 4.91. The number of carbonyl (C=O) groups is 1. The third kappa shape index (κ3) is 3.07. The van der Waals surface area contributed by atoms with E-state index in [1.165, 1.54) is 11.1 Å². The Morgan fingerprint density at radius 3 is 2.30 bits per heavy atom. The number of carbonyl (C=O) groups excluding carboxylic acids is 1. The lowest BCUT2D eigenvalue weighted by Gasteiger charge is -2.18. The van der Waals surface area contributed by atoms with E-state index in [1.807, 2.05) is 30.3 Å². The molecule has 1 fully saturated rings. The molecule has 3 atom stereocenters. The summed E-state index contributed by atoms with van der Waals surface area (Å²) in [6.07, 6.45) is 7.08. The van der Waals surface area contributed by atoms with Crippen LogP contribution >= 0.6 is 0 Å². The Morgan fingerprint density at radius 1 is 0.913 bits per heavy atom. The molecule has 0 aliphatic heterocycles. The van der Waals surface area contributed by atoms with Gasteiger partial charge in [-0.25, -0.2) is 0 Å². The SMILES string of the molecule is O=C(Cc1ccc(-c2ccccc2)cc1)OC1CC2C=CC1C2. The summed E-state index contributed by atoms with van der Waals surface area (Å²) < 4.78 is 5.67. The van der Waals surface area contributed by atoms with Crippen molar-refractivity contribution in [2.75, 3.05) is 0 Å². The van der Waals surface area contributed by atoms with Crippen LogP contribution in [0, 0.1) is 11.8 Å². The van der Waals surface area contributed by atoms with E-state index in [1.54, 1.807) is 0 Å². The molecule has 2 aliphatic rings. The predicted molar refractivity (Wildman–Crippen MR) is 90.8 cm³/mol. The van der Waals surface area contributed by atoms with Gasteiger partial charge in [-0.2, -0.15) is 0 Å². The minimum Gasteiger partial charge on any atom is -0.461 e. The highest BCUT2D eigenvalue weighted by molar-refractivity contribution is 5.73. The number of rotatable bonds is 4. The molecule has 2 nitrogen and oxygen atoms in total. The second-order valence-corrected chi connectivity index (χ2v) is 6.55. The molecule has 3 unspecified atom stereocenters. The van der Waals surface area contributed by atoms with Gasteiger partial charge in [0.2, 0.25) is 0 Å². The highest BCUT2D eigenvalue weighted by Gasteiger charge is 2.37. The van der Waals surface area contributed by atoms with E-state index in [2.05, 4.69) is 36.4 Å². The van der Waals surface area contributed by atoms with Crippen molar-refractivity contribution in [1.29, 1.82) is 0 Å². The Kier molecular flexibility index (Phi) is 3.74. The van der Waals surface area contributed by atoms with E-state index in [-0.39, 0.29) is 12.1 Å². The van der Waals surface area contributed by atoms with Crippen LogP contribution in [0.2, 0.25) is 0 Å². The van der Waals surface area contributed by atoms with Crippen molar-refractivity contribution in [3.05, 3.63) is 72.3 Å². The maximum Gasteiger partial charge on any atom is 0.310 e. The summed E-state index contributed by atoms with van der Waals surface area (Å²) in [6, 6.07) is 18.4. The molecule has 0 aromatic heterocycles. The molecule has 2 heteroatoms. The second kappa shape index (κ2) is 6.04. The Labute approximate surface area is 136 Å². The Hall–Kier alpha value is -2.35. The summed E-state index contributed by atoms with van der Waals surface area (Å²) in [5.41, 5.74) is 3.37. The fourth-order valence-corrected chi connectivity index (χ4v) is 3.69. The first-order chi connectivity index (χ1) is 11.3. The van der Waals surface area contributed by atoms with Gasteiger partial charge in [0.15, 0.2) is 0 Å². The van der Waals surface area contributed by atoms with Gasteiger partial charge in [0, 0.05) is 5.92 Å². The fourth-order valence-electron chi connectivity index (χ4n) is 3.69. The van der Waals surface area contributed by atoms with Crippen LogP contribution in [0.1, 0.15) is 18.4 Å². The highest BCUT2D eigenvalue weighted by Crippen LogP contribution is 2.40. The molecule has 0 saturated heterocycles. The minimum absolute atomic E-state index is 0.0982. The summed E-state index contributed by atoms with van der Waals surface area (Å²) in [5.74, 6) is 0.968. The van der Waals surface area contributed by atoms with Crippen LogP contribution in [0.4, 0.5) is 0 Å². The van der Waals surface area contributed by atoms with Crippen molar-refractivity contribution < 1.29 is 9.53 Å². The summed E-state index contributed by atoms with van der Waals surface area (Å²) in [6.45, 7) is 0. The van der Waals surface area contributed by atoms with Gasteiger partial charge in [0.1, 0.15) is 6.10 Å². The molecule has 0 heterocycles. The smallest absolute Gasteiger partial charge is 0.310 e. The van der Waals surface area contributed by atoms with Crippen molar-refractivity contribution in [3.8, 4) is 11.1 Å². The van der Waals surface area contributed by atoms with Gasteiger partial charge in [-0.3, -0.25) is 4.79 Å². The first-order valence-corrected chi connectivity index (χ1v) is 8.30. The topological polar surface area (TPSA) is 26.3 Å². The van der Waals surface area contributed by atoms with Gasteiger partial charge in [0.05, 0.1) is 6.42 Å². The van der Waals surface area contributed by atoms with Crippen LogP contribution < -0.4 is 0 Å². The molecule has 2 aromatic rings. The Balaban J connectivity index is 1.37. The number of ether oxygens (including phenoxy) is 1. The summed E-state index contributed by atoms with van der Waals surface area (Å²) >= 11 is 0. The zero-order chi connectivity index (χ0) is 15.6. The molecule has 0 radical (unpaired) electrons. The van der Waals surface area contributed by atoms with Gasteiger partial charge in [-0.1, -0.05) is 66.7 Å². The van der Waals surface area contributed by atoms with Gasteiger partial charge in [-0.05, 0) is 35.4 Å². The van der Waals surface area contributed by atoms with Crippen LogP contribution in [-0.4, -0.2) is 12.1 Å². The monoisotopic (exact) mass is 304 g/mol. The maximum atomic E-state index is 12.2. The quantitative estimate of drug-likeness (QED) is 0.618. The summed E-state index contributed by atoms with van der Waals surface area (Å²) in [7, 11) is 0. The maximum absolute atomic E-state index is 12.2. The lowest BCUT2D eigenvalue weighted by atomic mass is 10.0. The zero-order valence-electron chi connectivity index (χ0n) is 13.0. The molecule has 0 amide bonds. The zero-order valence-corrected chi connectivity index (χ0v) is 13.0. The van der Waals surface area contributed by atoms with Crippen molar-refractivity contribution in [3.63, 3.8) is 0 Å². The Bertz CT molecular complexity index is 715. The lowest BCUT2D eigenvalue weighted by Crippen LogP contribution is -2.23. The molecule has 23 heavy (non-hydrogen) atoms. The first kappa shape index (κ1) is 14.3. The molecular formula is C21H20O2. The molecule has 0 spiro atoms. The number of esters is 1. The number of benzene rings is 2. The van der Waals surface area contributed by atoms with Crippen molar-refractivity contribution >= 4 is 5.97 Å². The van der Waals surface area contributed by atoms with Crippen molar-refractivity contribution in [2.45, 2.75) is 25.4 Å². The molecule has 2 bridgehead atoms. The summed E-state index contributed by atoms with van der Waals surface area (Å²) in [5, 5.41) is 0. The molecular weight excluding hydrogens is 284 g/mol. The van der Waals surface area contributed by atoms with E-state index in [4.69, 9.17) is 4.74 Å². The van der Waals surface area contributed by atoms with Gasteiger partial charge < -0.3 is 4.74 Å². The van der Waals surface area contributed by atoms with Crippen molar-refractivity contribution in [2.24, 2.45) is 11.8 Å². The van der Waals surface area contributed by atoms with E-state index < -0.39 is 0 Å². The predicted octanol–water partition coefficient (Wildman–Crippen LogP) is 4.40. The largest absolute Gasteiger partial charge is 0.461 e. The Morgan fingerprint density at radius 2 is 1.65 bits per heavy atom. The fraction of sp³-hybridized carbons (Fsp3) is 0.286. The number of fused-ring (bicyclic) bond motifs is 2. The normalized spacial score (nSPS) is 24.8. The standard InChI is InChI=1S/C21H20O2/c22-21(23-20-13-16-8-11-19(20)12-16)14-15-6-9-18(10-7-15)17-4-2-1-3-5-17/h1-11,16,19-20H,12-14H2. The van der Waals surface area contributed by atoms with Crippen LogP contribution in [0.15, 0.2) is 66.7 Å². The second-order valence-electron chi connectivity index (χ2n) is 6.55.